The smallest absolute Gasteiger partial charge is 0.254 e. The Balaban J connectivity index is 1.44. The lowest BCUT2D eigenvalue weighted by Gasteiger charge is -2.32. The number of carbonyl (C=O) groups is 1. The topological polar surface area (TPSA) is 80.3 Å². The van der Waals surface area contributed by atoms with Crippen LogP contribution >= 0.6 is 0 Å². The first kappa shape index (κ1) is 16.4. The quantitative estimate of drug-likeness (QED) is 0.781. The number of nitrogens with one attached hydrogen (secondary N) is 1. The Kier molecular flexibility index (Phi) is 4.43. The van der Waals surface area contributed by atoms with E-state index in [4.69, 9.17) is 9.47 Å². The molecular weight excluding hydrogens is 332 g/mol. The fraction of sp³-hybridized carbons (Fsp3) is 0.316. The van der Waals surface area contributed by atoms with Crippen LogP contribution in [0.1, 0.15) is 23.2 Å². The maximum atomic E-state index is 12.9. The Morgan fingerprint density at radius 1 is 1.19 bits per heavy atom. The number of piperidine rings is 1. The zero-order chi connectivity index (χ0) is 17.9. The summed E-state index contributed by atoms with van der Waals surface area (Å²) in [6, 6.07) is 11.2. The van der Waals surface area contributed by atoms with Crippen LogP contribution in [0.15, 0.2) is 42.6 Å². The van der Waals surface area contributed by atoms with Crippen LogP contribution in [0.25, 0.3) is 10.9 Å². The first-order chi connectivity index (χ1) is 12.7. The Labute approximate surface area is 150 Å². The Morgan fingerprint density at radius 2 is 2.04 bits per heavy atom. The molecule has 1 saturated heterocycles. The SMILES string of the molecule is COc1ccc(OC2CCCN(C(=O)c3ccc4cc[nH]c4c3)C2)nn1. The number of benzene rings is 1. The number of hydrogen-bond acceptors (Lipinski definition) is 5. The fourth-order valence-corrected chi connectivity index (χ4v) is 3.23. The number of fused-ring (bicyclic) bond motifs is 1. The van der Waals surface area contributed by atoms with Gasteiger partial charge in [0.2, 0.25) is 11.8 Å². The second-order valence-corrected chi connectivity index (χ2v) is 6.33. The van der Waals surface area contributed by atoms with Crippen molar-refractivity contribution < 1.29 is 14.3 Å². The minimum absolute atomic E-state index is 0.0237. The highest BCUT2D eigenvalue weighted by Crippen LogP contribution is 2.21. The molecule has 0 aliphatic carbocycles. The molecule has 1 aliphatic heterocycles. The molecule has 3 heterocycles. The monoisotopic (exact) mass is 352 g/mol. The molecule has 7 nitrogen and oxygen atoms in total. The van der Waals surface area contributed by atoms with E-state index in [9.17, 15) is 4.79 Å². The van der Waals surface area contributed by atoms with Gasteiger partial charge < -0.3 is 19.4 Å². The van der Waals surface area contributed by atoms with Crippen LogP contribution < -0.4 is 9.47 Å². The van der Waals surface area contributed by atoms with Crippen molar-refractivity contribution in [3.8, 4) is 11.8 Å². The summed E-state index contributed by atoms with van der Waals surface area (Å²) in [7, 11) is 1.54. The standard InChI is InChI=1S/C19H20N4O3/c1-25-17-6-7-18(22-21-17)26-15-3-2-10-23(12-15)19(24)14-5-4-13-8-9-20-16(13)11-14/h4-9,11,15,20H,2-3,10,12H2,1H3. The van der Waals surface area contributed by atoms with Crippen molar-refractivity contribution in [1.82, 2.24) is 20.1 Å². The lowest BCUT2D eigenvalue weighted by molar-refractivity contribution is 0.0525. The molecule has 0 spiro atoms. The molecule has 7 heteroatoms. The number of H-pyrrole nitrogens is 1. The molecule has 1 aliphatic rings. The van der Waals surface area contributed by atoms with E-state index in [1.165, 1.54) is 0 Å². The number of aromatic amines is 1. The molecule has 1 N–H and O–H groups in total. The average molecular weight is 352 g/mol. The molecule has 1 amide bonds. The molecule has 1 aromatic carbocycles. The number of aromatic nitrogens is 3. The number of nitrogens with zero attached hydrogens (tertiary/aromatic N) is 3. The maximum absolute atomic E-state index is 12.9. The van der Waals surface area contributed by atoms with Crippen LogP contribution in [0.2, 0.25) is 0 Å². The van der Waals surface area contributed by atoms with E-state index in [-0.39, 0.29) is 12.0 Å². The van der Waals surface area contributed by atoms with Crippen molar-refractivity contribution in [2.24, 2.45) is 0 Å². The van der Waals surface area contributed by atoms with Gasteiger partial charge in [-0.05, 0) is 36.4 Å². The summed E-state index contributed by atoms with van der Waals surface area (Å²) in [4.78, 5) is 17.8. The van der Waals surface area contributed by atoms with Gasteiger partial charge in [-0.25, -0.2) is 0 Å². The van der Waals surface area contributed by atoms with E-state index in [0.717, 1.165) is 30.3 Å². The summed E-state index contributed by atoms with van der Waals surface area (Å²) in [5.41, 5.74) is 1.65. The predicted molar refractivity (Wildman–Crippen MR) is 96.4 cm³/mol. The van der Waals surface area contributed by atoms with Crippen molar-refractivity contribution in [3.63, 3.8) is 0 Å². The van der Waals surface area contributed by atoms with Gasteiger partial charge in [-0.1, -0.05) is 6.07 Å². The number of ether oxygens (including phenoxy) is 2. The normalized spacial score (nSPS) is 17.3. The third-order valence-electron chi connectivity index (χ3n) is 4.58. The van der Waals surface area contributed by atoms with Gasteiger partial charge in [0.15, 0.2) is 0 Å². The lowest BCUT2D eigenvalue weighted by atomic mass is 10.1. The number of methoxy groups -OCH3 is 1. The molecule has 26 heavy (non-hydrogen) atoms. The minimum atomic E-state index is -0.0930. The second-order valence-electron chi connectivity index (χ2n) is 6.33. The highest BCUT2D eigenvalue weighted by atomic mass is 16.5. The third kappa shape index (κ3) is 3.33. The average Bonchev–Trinajstić information content (AvgIpc) is 3.16. The molecule has 134 valence electrons. The molecule has 3 aromatic rings. The second kappa shape index (κ2) is 7.03. The summed E-state index contributed by atoms with van der Waals surface area (Å²) in [5.74, 6) is 0.908. The van der Waals surface area contributed by atoms with Crippen molar-refractivity contribution in [3.05, 3.63) is 48.2 Å². The van der Waals surface area contributed by atoms with Crippen LogP contribution in [0, 0.1) is 0 Å². The molecule has 0 saturated carbocycles. The van der Waals surface area contributed by atoms with E-state index < -0.39 is 0 Å². The molecule has 1 fully saturated rings. The highest BCUT2D eigenvalue weighted by Gasteiger charge is 2.26. The number of amides is 1. The van der Waals surface area contributed by atoms with Gasteiger partial charge >= 0.3 is 0 Å². The zero-order valence-electron chi connectivity index (χ0n) is 14.5. The van der Waals surface area contributed by atoms with E-state index in [0.29, 0.717) is 23.9 Å². The highest BCUT2D eigenvalue weighted by molar-refractivity contribution is 5.98. The van der Waals surface area contributed by atoms with Crippen molar-refractivity contribution >= 4 is 16.8 Å². The van der Waals surface area contributed by atoms with E-state index in [2.05, 4.69) is 15.2 Å². The van der Waals surface area contributed by atoms with Crippen LogP contribution in [0.4, 0.5) is 0 Å². The van der Waals surface area contributed by atoms with Crippen molar-refractivity contribution in [2.45, 2.75) is 18.9 Å². The van der Waals surface area contributed by atoms with Gasteiger partial charge in [0, 0.05) is 36.0 Å². The molecule has 4 rings (SSSR count). The Morgan fingerprint density at radius 3 is 2.85 bits per heavy atom. The summed E-state index contributed by atoms with van der Waals surface area (Å²) in [5, 5.41) is 9.00. The van der Waals surface area contributed by atoms with Gasteiger partial charge in [0.05, 0.1) is 13.7 Å². The van der Waals surface area contributed by atoms with Crippen LogP contribution in [0.3, 0.4) is 0 Å². The first-order valence-electron chi connectivity index (χ1n) is 8.64. The largest absolute Gasteiger partial charge is 0.480 e. The minimum Gasteiger partial charge on any atom is -0.480 e. The lowest BCUT2D eigenvalue weighted by Crippen LogP contribution is -2.44. The molecule has 0 radical (unpaired) electrons. The summed E-state index contributed by atoms with van der Waals surface area (Å²) >= 11 is 0. The van der Waals surface area contributed by atoms with Crippen LogP contribution in [0.5, 0.6) is 11.8 Å². The Hall–Kier alpha value is -3.09. The van der Waals surface area contributed by atoms with Crippen molar-refractivity contribution in [2.75, 3.05) is 20.2 Å². The van der Waals surface area contributed by atoms with E-state index in [1.54, 1.807) is 19.2 Å². The van der Waals surface area contributed by atoms with Gasteiger partial charge in [-0.2, -0.15) is 0 Å². The van der Waals surface area contributed by atoms with Gasteiger partial charge in [-0.3, -0.25) is 4.79 Å². The van der Waals surface area contributed by atoms with Gasteiger partial charge in [-0.15, -0.1) is 10.2 Å². The molecular formula is C19H20N4O3. The number of carbonyl (C=O) groups excluding carboxylic acids is 1. The first-order valence-corrected chi connectivity index (χ1v) is 8.64. The van der Waals surface area contributed by atoms with E-state index >= 15 is 0 Å². The number of rotatable bonds is 4. The third-order valence-corrected chi connectivity index (χ3v) is 4.58. The maximum Gasteiger partial charge on any atom is 0.254 e. The zero-order valence-corrected chi connectivity index (χ0v) is 14.5. The van der Waals surface area contributed by atoms with Crippen molar-refractivity contribution in [1.29, 1.82) is 0 Å². The number of hydrogen-bond donors (Lipinski definition) is 1. The fourth-order valence-electron chi connectivity index (χ4n) is 3.23. The van der Waals surface area contributed by atoms with Gasteiger partial charge in [0.1, 0.15) is 6.10 Å². The Bertz CT molecular complexity index is 907. The summed E-state index contributed by atoms with van der Waals surface area (Å²) in [6.07, 6.45) is 3.56. The molecule has 2 aromatic heterocycles. The molecule has 0 bridgehead atoms. The summed E-state index contributed by atoms with van der Waals surface area (Å²) < 4.78 is 10.9. The van der Waals surface area contributed by atoms with Crippen LogP contribution in [-0.2, 0) is 0 Å². The van der Waals surface area contributed by atoms with E-state index in [1.807, 2.05) is 35.4 Å². The molecule has 1 atom stereocenters. The van der Waals surface area contributed by atoms with Gasteiger partial charge in [0.25, 0.3) is 5.91 Å². The number of likely N-dealkylation sites (tertiary alicyclic amines) is 1. The van der Waals surface area contributed by atoms with Crippen LogP contribution in [-0.4, -0.2) is 52.3 Å². The molecule has 1 unspecified atom stereocenters. The predicted octanol–water partition coefficient (Wildman–Crippen LogP) is 2.65. The summed E-state index contributed by atoms with van der Waals surface area (Å²) in [6.45, 7) is 1.27.